The molecule has 6 aromatic rings. The molecule has 0 aliphatic heterocycles. The standard InChI is InChI=1S/C43H26O6/c1-3-27-5-23-37-38-24-6-28(4-2)26-40(38)43(39(37)25-27,31-11-19-35(20-12-31)48-33-15-7-29(8-16-33)41(44)45)32-13-21-36(22-14-32)49-34-17-9-30(10-18-34)42(46)47/h1-2,5-26H,(H,44,45)(H,46,47). The lowest BCUT2D eigenvalue weighted by molar-refractivity contribution is 0.0686. The average molecular weight is 639 g/mol. The predicted octanol–water partition coefficient (Wildman–Crippen LogP) is 8.99. The summed E-state index contributed by atoms with van der Waals surface area (Å²) in [5, 5.41) is 18.5. The zero-order chi connectivity index (χ0) is 34.1. The molecule has 0 amide bonds. The summed E-state index contributed by atoms with van der Waals surface area (Å²) in [6, 6.07) is 40.1. The highest BCUT2D eigenvalue weighted by Crippen LogP contribution is 2.56. The number of ether oxygens (including phenoxy) is 2. The molecule has 0 heterocycles. The number of carboxylic acid groups (broad SMARTS) is 2. The van der Waals surface area contributed by atoms with Crippen LogP contribution in [0.1, 0.15) is 54.1 Å². The highest BCUT2D eigenvalue weighted by molar-refractivity contribution is 5.89. The molecule has 0 saturated carbocycles. The fourth-order valence-corrected chi connectivity index (χ4v) is 6.44. The van der Waals surface area contributed by atoms with Crippen molar-refractivity contribution in [2.24, 2.45) is 0 Å². The van der Waals surface area contributed by atoms with Crippen LogP contribution in [-0.4, -0.2) is 22.2 Å². The smallest absolute Gasteiger partial charge is 0.335 e. The van der Waals surface area contributed by atoms with Crippen molar-refractivity contribution in [3.8, 4) is 58.8 Å². The Morgan fingerprint density at radius 2 is 0.816 bits per heavy atom. The summed E-state index contributed by atoms with van der Waals surface area (Å²) in [4.78, 5) is 22.6. The van der Waals surface area contributed by atoms with Crippen LogP contribution in [0.5, 0.6) is 23.0 Å². The number of hydrogen-bond donors (Lipinski definition) is 2. The Kier molecular flexibility index (Phi) is 7.69. The molecule has 0 radical (unpaired) electrons. The molecule has 6 aromatic carbocycles. The second-order valence-electron chi connectivity index (χ2n) is 11.5. The molecule has 1 aliphatic rings. The molecule has 0 atom stereocenters. The van der Waals surface area contributed by atoms with Crippen LogP contribution in [0.2, 0.25) is 0 Å². The minimum atomic E-state index is -1.01. The van der Waals surface area contributed by atoms with Gasteiger partial charge in [-0.2, -0.15) is 0 Å². The fourth-order valence-electron chi connectivity index (χ4n) is 6.44. The number of carboxylic acids is 2. The van der Waals surface area contributed by atoms with Crippen LogP contribution < -0.4 is 9.47 Å². The topological polar surface area (TPSA) is 93.1 Å². The van der Waals surface area contributed by atoms with E-state index >= 15 is 0 Å². The summed E-state index contributed by atoms with van der Waals surface area (Å²) in [5.41, 5.74) is 6.97. The van der Waals surface area contributed by atoms with Crippen molar-refractivity contribution >= 4 is 11.9 Å². The van der Waals surface area contributed by atoms with Crippen LogP contribution in [0.15, 0.2) is 133 Å². The Bertz CT molecular complexity index is 2150. The highest BCUT2D eigenvalue weighted by Gasteiger charge is 2.46. The monoisotopic (exact) mass is 638 g/mol. The number of benzene rings is 6. The van der Waals surface area contributed by atoms with E-state index in [-0.39, 0.29) is 11.1 Å². The molecule has 0 saturated heterocycles. The van der Waals surface area contributed by atoms with Crippen LogP contribution in [0.25, 0.3) is 11.1 Å². The quantitative estimate of drug-likeness (QED) is 0.161. The second kappa shape index (κ2) is 12.3. The van der Waals surface area contributed by atoms with Crippen molar-refractivity contribution in [2.75, 3.05) is 0 Å². The Morgan fingerprint density at radius 3 is 1.12 bits per heavy atom. The van der Waals surface area contributed by atoms with Gasteiger partial charge >= 0.3 is 11.9 Å². The maximum Gasteiger partial charge on any atom is 0.335 e. The van der Waals surface area contributed by atoms with Crippen molar-refractivity contribution in [1.82, 2.24) is 0 Å². The van der Waals surface area contributed by atoms with Gasteiger partial charge in [-0.1, -0.05) is 48.2 Å². The van der Waals surface area contributed by atoms with E-state index in [9.17, 15) is 19.8 Å². The summed E-state index contributed by atoms with van der Waals surface area (Å²) in [7, 11) is 0. The lowest BCUT2D eigenvalue weighted by Crippen LogP contribution is -2.28. The minimum absolute atomic E-state index is 0.174. The van der Waals surface area contributed by atoms with Gasteiger partial charge in [-0.15, -0.1) is 12.8 Å². The lowest BCUT2D eigenvalue weighted by atomic mass is 9.67. The maximum absolute atomic E-state index is 11.3. The Balaban J connectivity index is 1.35. The molecule has 1 aliphatic carbocycles. The number of aromatic carboxylic acids is 2. The fraction of sp³-hybridized carbons (Fsp3) is 0.0233. The minimum Gasteiger partial charge on any atom is -0.478 e. The van der Waals surface area contributed by atoms with E-state index in [1.165, 1.54) is 24.3 Å². The number of hydrogen-bond acceptors (Lipinski definition) is 4. The average Bonchev–Trinajstić information content (AvgIpc) is 3.42. The van der Waals surface area contributed by atoms with E-state index in [1.807, 2.05) is 72.8 Å². The van der Waals surface area contributed by atoms with Crippen LogP contribution in [0.4, 0.5) is 0 Å². The third-order valence-corrected chi connectivity index (χ3v) is 8.72. The molecule has 234 valence electrons. The van der Waals surface area contributed by atoms with Gasteiger partial charge in [0.25, 0.3) is 0 Å². The predicted molar refractivity (Wildman–Crippen MR) is 187 cm³/mol. The van der Waals surface area contributed by atoms with Gasteiger partial charge in [0.2, 0.25) is 0 Å². The first-order valence-corrected chi connectivity index (χ1v) is 15.3. The first-order chi connectivity index (χ1) is 23.8. The summed E-state index contributed by atoms with van der Waals surface area (Å²) in [6.45, 7) is 0. The van der Waals surface area contributed by atoms with Crippen molar-refractivity contribution < 1.29 is 29.3 Å². The summed E-state index contributed by atoms with van der Waals surface area (Å²) >= 11 is 0. The largest absolute Gasteiger partial charge is 0.478 e. The van der Waals surface area contributed by atoms with Gasteiger partial charge in [0, 0.05) is 11.1 Å². The highest BCUT2D eigenvalue weighted by atomic mass is 16.5. The number of fused-ring (bicyclic) bond motifs is 3. The van der Waals surface area contributed by atoms with Gasteiger partial charge < -0.3 is 19.7 Å². The third kappa shape index (κ3) is 5.44. The Labute approximate surface area is 282 Å². The van der Waals surface area contributed by atoms with Crippen molar-refractivity contribution in [1.29, 1.82) is 0 Å². The van der Waals surface area contributed by atoms with E-state index in [1.54, 1.807) is 24.3 Å². The van der Waals surface area contributed by atoms with E-state index in [0.29, 0.717) is 23.0 Å². The zero-order valence-corrected chi connectivity index (χ0v) is 25.9. The van der Waals surface area contributed by atoms with Crippen molar-refractivity contribution in [3.63, 3.8) is 0 Å². The molecule has 7 rings (SSSR count). The van der Waals surface area contributed by atoms with E-state index in [4.69, 9.17) is 22.3 Å². The SMILES string of the molecule is C#Cc1ccc2c(c1)C(c1ccc(Oc3ccc(C(=O)O)cc3)cc1)(c1ccc(Oc3ccc(C(=O)O)cc3)cc1)c1cc(C#C)ccc1-2. The van der Waals surface area contributed by atoms with Crippen molar-refractivity contribution in [3.05, 3.63) is 178 Å². The van der Waals surface area contributed by atoms with Gasteiger partial charge in [-0.25, -0.2) is 9.59 Å². The van der Waals surface area contributed by atoms with Gasteiger partial charge in [-0.3, -0.25) is 0 Å². The zero-order valence-electron chi connectivity index (χ0n) is 25.9. The molecule has 6 nitrogen and oxygen atoms in total. The van der Waals surface area contributed by atoms with Crippen LogP contribution in [0, 0.1) is 24.7 Å². The Morgan fingerprint density at radius 1 is 0.490 bits per heavy atom. The van der Waals surface area contributed by atoms with Gasteiger partial charge in [0.05, 0.1) is 16.5 Å². The van der Waals surface area contributed by atoms with Gasteiger partial charge in [-0.05, 0) is 130 Å². The van der Waals surface area contributed by atoms with E-state index in [0.717, 1.165) is 44.5 Å². The Hall–Kier alpha value is -7.02. The summed E-state index contributed by atoms with van der Waals surface area (Å²) in [5.74, 6) is 5.75. The van der Waals surface area contributed by atoms with Crippen LogP contribution in [-0.2, 0) is 5.41 Å². The lowest BCUT2D eigenvalue weighted by Gasteiger charge is -2.34. The van der Waals surface area contributed by atoms with Gasteiger partial charge in [0.1, 0.15) is 23.0 Å². The number of terminal acetylenes is 2. The van der Waals surface area contributed by atoms with E-state index < -0.39 is 17.4 Å². The number of carbonyl (C=O) groups is 2. The van der Waals surface area contributed by atoms with E-state index in [2.05, 4.69) is 24.0 Å². The van der Waals surface area contributed by atoms with Gasteiger partial charge in [0.15, 0.2) is 0 Å². The molecular weight excluding hydrogens is 612 g/mol. The third-order valence-electron chi connectivity index (χ3n) is 8.72. The van der Waals surface area contributed by atoms with Crippen LogP contribution in [0.3, 0.4) is 0 Å². The molecule has 2 N–H and O–H groups in total. The molecule has 0 bridgehead atoms. The second-order valence-corrected chi connectivity index (χ2v) is 11.5. The molecular formula is C43H26O6. The molecule has 0 fully saturated rings. The molecule has 49 heavy (non-hydrogen) atoms. The summed E-state index contributed by atoms with van der Waals surface area (Å²) in [6.07, 6.45) is 11.8. The molecule has 0 aromatic heterocycles. The molecule has 0 spiro atoms. The molecule has 0 unspecified atom stereocenters. The maximum atomic E-state index is 11.3. The number of rotatable bonds is 8. The normalized spacial score (nSPS) is 12.1. The van der Waals surface area contributed by atoms with Crippen LogP contribution >= 0.6 is 0 Å². The first kappa shape index (κ1) is 30.6. The first-order valence-electron chi connectivity index (χ1n) is 15.3. The molecule has 6 heteroatoms. The van der Waals surface area contributed by atoms with Crippen molar-refractivity contribution in [2.45, 2.75) is 5.41 Å². The summed E-state index contributed by atoms with van der Waals surface area (Å²) < 4.78 is 12.2.